The molecule has 1 atom stereocenters. The molecule has 0 aliphatic rings. The summed E-state index contributed by atoms with van der Waals surface area (Å²) in [5.74, 6) is -2.01. The normalized spacial score (nSPS) is 11.4. The maximum absolute atomic E-state index is 11.2. The minimum atomic E-state index is -1.31. The molecule has 0 spiro atoms. The van der Waals surface area contributed by atoms with Gasteiger partial charge in [-0.1, -0.05) is 0 Å². The summed E-state index contributed by atoms with van der Waals surface area (Å²) in [6, 6.07) is -1.96. The largest absolute Gasteiger partial charge is 0.480 e. The van der Waals surface area contributed by atoms with E-state index in [2.05, 4.69) is 15.4 Å². The Bertz CT molecular complexity index is 282. The summed E-state index contributed by atoms with van der Waals surface area (Å²) in [5.41, 5.74) is 5.22. The summed E-state index contributed by atoms with van der Waals surface area (Å²) < 4.78 is 4.32. The fourth-order valence-corrected chi connectivity index (χ4v) is 0.963. The Hall–Kier alpha value is -1.83. The highest BCUT2D eigenvalue weighted by molar-refractivity contribution is 5.86. The molecule has 5 N–H and O–H groups in total. The van der Waals surface area contributed by atoms with Crippen LogP contribution in [0.25, 0.3) is 0 Å². The lowest BCUT2D eigenvalue weighted by molar-refractivity contribution is -0.147. The molecule has 0 unspecified atom stereocenters. The highest BCUT2D eigenvalue weighted by atomic mass is 16.5. The number of ether oxygens (including phenoxy) is 1. The number of carboxylic acids is 1. The Morgan fingerprint density at radius 3 is 2.53 bits per heavy atom. The second-order valence-corrected chi connectivity index (χ2v) is 3.21. The number of carbonyl (C=O) groups is 3. The highest BCUT2D eigenvalue weighted by Gasteiger charge is 2.23. The number of methoxy groups -OCH3 is 1. The van der Waals surface area contributed by atoms with E-state index in [1.165, 1.54) is 0 Å². The molecule has 17 heavy (non-hydrogen) atoms. The van der Waals surface area contributed by atoms with Gasteiger partial charge in [-0.25, -0.2) is 9.59 Å². The van der Waals surface area contributed by atoms with Crippen molar-refractivity contribution >= 4 is 18.0 Å². The Morgan fingerprint density at radius 2 is 2.06 bits per heavy atom. The van der Waals surface area contributed by atoms with Crippen molar-refractivity contribution in [3.8, 4) is 0 Å². The number of esters is 1. The fourth-order valence-electron chi connectivity index (χ4n) is 0.963. The number of nitrogens with two attached hydrogens (primary N) is 1. The second kappa shape index (κ2) is 8.34. The Morgan fingerprint density at radius 1 is 1.41 bits per heavy atom. The first-order valence-electron chi connectivity index (χ1n) is 5.05. The van der Waals surface area contributed by atoms with Gasteiger partial charge in [0, 0.05) is 6.54 Å². The third-order valence-electron chi connectivity index (χ3n) is 1.87. The van der Waals surface area contributed by atoms with Crippen LogP contribution in [-0.4, -0.2) is 49.3 Å². The van der Waals surface area contributed by atoms with E-state index in [0.717, 1.165) is 7.11 Å². The van der Waals surface area contributed by atoms with E-state index >= 15 is 0 Å². The number of amides is 2. The molecule has 0 saturated carbocycles. The first kappa shape index (κ1) is 15.2. The lowest BCUT2D eigenvalue weighted by Gasteiger charge is -2.13. The molecule has 0 aromatic heterocycles. The van der Waals surface area contributed by atoms with Gasteiger partial charge >= 0.3 is 18.0 Å². The van der Waals surface area contributed by atoms with Gasteiger partial charge in [-0.3, -0.25) is 4.79 Å². The standard InChI is InChI=1S/C9H17N3O5/c1-17-7(13)5-6(8(14)15)12-9(16)11-4-2-3-10/h6H,2-5,10H2,1H3,(H,14,15)(H2,11,12,16)/t6-/m0/s1. The molecule has 98 valence electrons. The predicted molar refractivity (Wildman–Crippen MR) is 58.3 cm³/mol. The first-order valence-corrected chi connectivity index (χ1v) is 5.05. The first-order chi connectivity index (χ1) is 8.01. The fraction of sp³-hybridized carbons (Fsp3) is 0.667. The zero-order valence-electron chi connectivity index (χ0n) is 9.56. The smallest absolute Gasteiger partial charge is 0.326 e. The zero-order valence-corrected chi connectivity index (χ0v) is 9.56. The molecule has 8 heteroatoms. The molecule has 0 saturated heterocycles. The number of hydrogen-bond acceptors (Lipinski definition) is 5. The molecular weight excluding hydrogens is 230 g/mol. The van der Waals surface area contributed by atoms with E-state index in [4.69, 9.17) is 10.8 Å². The van der Waals surface area contributed by atoms with Gasteiger partial charge in [0.15, 0.2) is 0 Å². The van der Waals surface area contributed by atoms with Crippen LogP contribution >= 0.6 is 0 Å². The van der Waals surface area contributed by atoms with Crippen molar-refractivity contribution in [2.75, 3.05) is 20.2 Å². The molecule has 0 aliphatic carbocycles. The van der Waals surface area contributed by atoms with Crippen molar-refractivity contribution in [1.82, 2.24) is 10.6 Å². The number of hydrogen-bond donors (Lipinski definition) is 4. The Balaban J connectivity index is 4.11. The van der Waals surface area contributed by atoms with Gasteiger partial charge in [0.25, 0.3) is 0 Å². The quantitative estimate of drug-likeness (QED) is 0.325. The SMILES string of the molecule is COC(=O)C[C@H](NC(=O)NCCCN)C(=O)O. The monoisotopic (exact) mass is 247 g/mol. The molecule has 0 radical (unpaired) electrons. The molecule has 0 aromatic rings. The van der Waals surface area contributed by atoms with Crippen molar-refractivity contribution in [2.45, 2.75) is 18.9 Å². The van der Waals surface area contributed by atoms with Gasteiger partial charge in [0.2, 0.25) is 0 Å². The van der Waals surface area contributed by atoms with Crippen molar-refractivity contribution < 1.29 is 24.2 Å². The molecule has 8 nitrogen and oxygen atoms in total. The van der Waals surface area contributed by atoms with Crippen molar-refractivity contribution in [3.63, 3.8) is 0 Å². The number of carboxylic acid groups (broad SMARTS) is 1. The number of aliphatic carboxylic acids is 1. The van der Waals surface area contributed by atoms with E-state index in [0.29, 0.717) is 19.5 Å². The van der Waals surface area contributed by atoms with Crippen LogP contribution in [0.3, 0.4) is 0 Å². The number of carbonyl (C=O) groups excluding carboxylic acids is 2. The average Bonchev–Trinajstić information content (AvgIpc) is 2.28. The summed E-state index contributed by atoms with van der Waals surface area (Å²) >= 11 is 0. The van der Waals surface area contributed by atoms with E-state index in [9.17, 15) is 14.4 Å². The van der Waals surface area contributed by atoms with Crippen molar-refractivity contribution in [3.05, 3.63) is 0 Å². The third-order valence-corrected chi connectivity index (χ3v) is 1.87. The van der Waals surface area contributed by atoms with Gasteiger partial charge in [0.05, 0.1) is 13.5 Å². The molecule has 0 heterocycles. The van der Waals surface area contributed by atoms with Crippen LogP contribution < -0.4 is 16.4 Å². The van der Waals surface area contributed by atoms with Crippen LogP contribution in [0.15, 0.2) is 0 Å². The minimum Gasteiger partial charge on any atom is -0.480 e. The van der Waals surface area contributed by atoms with Crippen molar-refractivity contribution in [1.29, 1.82) is 0 Å². The van der Waals surface area contributed by atoms with Crippen molar-refractivity contribution in [2.24, 2.45) is 5.73 Å². The molecular formula is C9H17N3O5. The van der Waals surface area contributed by atoms with Crippen LogP contribution in [0.5, 0.6) is 0 Å². The van der Waals surface area contributed by atoms with Crippen LogP contribution in [0.4, 0.5) is 4.79 Å². The van der Waals surface area contributed by atoms with Crippen LogP contribution in [-0.2, 0) is 14.3 Å². The average molecular weight is 247 g/mol. The summed E-state index contributed by atoms with van der Waals surface area (Å²) in [6.07, 6.45) is 0.165. The Kier molecular flexibility index (Phi) is 7.44. The molecule has 0 aliphatic heterocycles. The second-order valence-electron chi connectivity index (χ2n) is 3.21. The molecule has 0 fully saturated rings. The molecule has 0 bridgehead atoms. The van der Waals surface area contributed by atoms with Gasteiger partial charge < -0.3 is 26.2 Å². The maximum Gasteiger partial charge on any atom is 0.326 e. The summed E-state index contributed by atoms with van der Waals surface area (Å²) in [7, 11) is 1.14. The maximum atomic E-state index is 11.2. The summed E-state index contributed by atoms with van der Waals surface area (Å²) in [4.78, 5) is 32.9. The van der Waals surface area contributed by atoms with Gasteiger partial charge in [-0.15, -0.1) is 0 Å². The van der Waals surface area contributed by atoms with E-state index < -0.39 is 30.4 Å². The van der Waals surface area contributed by atoms with Gasteiger partial charge in [0.1, 0.15) is 6.04 Å². The number of nitrogens with one attached hydrogen (secondary N) is 2. The summed E-state index contributed by atoms with van der Waals surface area (Å²) in [5, 5.41) is 13.3. The molecule has 2 amide bonds. The summed E-state index contributed by atoms with van der Waals surface area (Å²) in [6.45, 7) is 0.762. The molecule has 0 rings (SSSR count). The Labute approximate surface area is 98.5 Å². The number of rotatable bonds is 7. The van der Waals surface area contributed by atoms with E-state index in [1.807, 2.05) is 0 Å². The predicted octanol–water partition coefficient (Wildman–Crippen LogP) is -1.35. The van der Waals surface area contributed by atoms with Crippen LogP contribution in [0, 0.1) is 0 Å². The zero-order chi connectivity index (χ0) is 13.3. The minimum absolute atomic E-state index is 0.340. The van der Waals surface area contributed by atoms with E-state index in [-0.39, 0.29) is 0 Å². The lowest BCUT2D eigenvalue weighted by atomic mass is 10.2. The lowest BCUT2D eigenvalue weighted by Crippen LogP contribution is -2.47. The van der Waals surface area contributed by atoms with Gasteiger partial charge in [-0.05, 0) is 13.0 Å². The highest BCUT2D eigenvalue weighted by Crippen LogP contribution is 1.95. The van der Waals surface area contributed by atoms with E-state index in [1.54, 1.807) is 0 Å². The topological polar surface area (TPSA) is 131 Å². The number of urea groups is 1. The third kappa shape index (κ3) is 7.12. The van der Waals surface area contributed by atoms with Gasteiger partial charge in [-0.2, -0.15) is 0 Å². The van der Waals surface area contributed by atoms with Crippen LogP contribution in [0.1, 0.15) is 12.8 Å². The van der Waals surface area contributed by atoms with Crippen LogP contribution in [0.2, 0.25) is 0 Å². The molecule has 0 aromatic carbocycles.